The summed E-state index contributed by atoms with van der Waals surface area (Å²) >= 11 is 3.33. The van der Waals surface area contributed by atoms with E-state index in [1.807, 2.05) is 68.5 Å². The fraction of sp³-hybridized carbons (Fsp3) is 0.536. The Labute approximate surface area is 230 Å². The van der Waals surface area contributed by atoms with Gasteiger partial charge in [-0.2, -0.15) is 0 Å². The van der Waals surface area contributed by atoms with Gasteiger partial charge in [0.25, 0.3) is 0 Å². The molecule has 0 aromatic carbocycles. The largest absolute Gasteiger partial charge is 0.504 e. The Hall–Kier alpha value is -2.29. The molecule has 0 heterocycles. The van der Waals surface area contributed by atoms with E-state index in [1.165, 1.54) is 6.20 Å². The van der Waals surface area contributed by atoms with E-state index in [2.05, 4.69) is 32.8 Å². The molecule has 5 N–H and O–H groups in total. The van der Waals surface area contributed by atoms with Crippen molar-refractivity contribution in [3.63, 3.8) is 0 Å². The number of methoxy groups -OCH3 is 1. The van der Waals surface area contributed by atoms with E-state index < -0.39 is 0 Å². The number of allylic oxidation sites excluding steroid dienone is 8. The summed E-state index contributed by atoms with van der Waals surface area (Å²) in [6, 6.07) is 0. The maximum atomic E-state index is 5.73. The number of nitrogens with zero attached hydrogens (tertiary/aromatic N) is 1. The zero-order chi connectivity index (χ0) is 28.9. The number of nitrogens with one attached hydrogen (secondary N) is 1. The van der Waals surface area contributed by atoms with Crippen LogP contribution in [0.25, 0.3) is 0 Å². The summed E-state index contributed by atoms with van der Waals surface area (Å²) in [6.07, 6.45) is 10.1. The van der Waals surface area contributed by atoms with Crippen LogP contribution in [0.15, 0.2) is 75.4 Å². The van der Waals surface area contributed by atoms with Crippen molar-refractivity contribution in [1.29, 1.82) is 0 Å². The minimum absolute atomic E-state index is 0.0123. The minimum Gasteiger partial charge on any atom is -0.504 e. The molecule has 36 heavy (non-hydrogen) atoms. The van der Waals surface area contributed by atoms with Gasteiger partial charge in [0.1, 0.15) is 12.7 Å². The lowest BCUT2D eigenvalue weighted by molar-refractivity contribution is 0.0105. The Morgan fingerprint density at radius 3 is 2.14 bits per heavy atom. The van der Waals surface area contributed by atoms with Gasteiger partial charge in [-0.15, -0.1) is 0 Å². The van der Waals surface area contributed by atoms with E-state index >= 15 is 0 Å². The molecule has 0 aliphatic heterocycles. The van der Waals surface area contributed by atoms with Crippen LogP contribution in [-0.2, 0) is 14.2 Å². The molecule has 1 unspecified atom stereocenters. The fourth-order valence-electron chi connectivity index (χ4n) is 2.18. The topological polar surface area (TPSA) is 104 Å². The lowest BCUT2D eigenvalue weighted by atomic mass is 10.1. The second-order valence-corrected chi connectivity index (χ2v) is 7.68. The second-order valence-electron chi connectivity index (χ2n) is 6.49. The summed E-state index contributed by atoms with van der Waals surface area (Å²) in [5.41, 5.74) is 14.5. The van der Waals surface area contributed by atoms with Crippen LogP contribution in [0.5, 0.6) is 0 Å². The molecule has 0 fully saturated rings. The third kappa shape index (κ3) is 23.5. The zero-order valence-corrected chi connectivity index (χ0v) is 26.2. The van der Waals surface area contributed by atoms with E-state index in [-0.39, 0.29) is 6.10 Å². The molecular formula is C28H53BrN4O3. The van der Waals surface area contributed by atoms with Crippen molar-refractivity contribution in [2.45, 2.75) is 61.5 Å². The molecule has 8 heteroatoms. The number of nitrogens with two attached hydrogens (primary N) is 2. The number of aliphatic imine (C=N–C) groups is 1. The second kappa shape index (κ2) is 30.7. The van der Waals surface area contributed by atoms with Crippen LogP contribution in [0, 0.1) is 0 Å². The summed E-state index contributed by atoms with van der Waals surface area (Å²) in [4.78, 5) is 4.21. The fourth-order valence-corrected chi connectivity index (χ4v) is 2.41. The van der Waals surface area contributed by atoms with Crippen molar-refractivity contribution < 1.29 is 14.2 Å². The molecule has 0 rings (SSSR count). The van der Waals surface area contributed by atoms with E-state index in [0.717, 1.165) is 39.3 Å². The number of hydrogen-bond acceptors (Lipinski definition) is 7. The highest BCUT2D eigenvalue weighted by atomic mass is 79.9. The third-order valence-corrected chi connectivity index (χ3v) is 4.61. The van der Waals surface area contributed by atoms with Gasteiger partial charge in [0.05, 0.1) is 24.8 Å². The number of ether oxygens (including phenoxy) is 3. The summed E-state index contributed by atoms with van der Waals surface area (Å²) in [7, 11) is 5.16. The van der Waals surface area contributed by atoms with Gasteiger partial charge < -0.3 is 31.0 Å². The molecule has 0 aromatic rings. The molecule has 1 atom stereocenters. The van der Waals surface area contributed by atoms with Gasteiger partial charge in [-0.05, 0) is 57.0 Å². The van der Waals surface area contributed by atoms with E-state index in [1.54, 1.807) is 38.6 Å². The highest BCUT2D eigenvalue weighted by molar-refractivity contribution is 9.11. The molecule has 7 nitrogen and oxygen atoms in total. The van der Waals surface area contributed by atoms with Crippen molar-refractivity contribution in [1.82, 2.24) is 5.32 Å². The average molecular weight is 574 g/mol. The predicted molar refractivity (Wildman–Crippen MR) is 163 cm³/mol. The van der Waals surface area contributed by atoms with Crippen molar-refractivity contribution in [3.8, 4) is 0 Å². The lowest BCUT2D eigenvalue weighted by Crippen LogP contribution is -2.30. The van der Waals surface area contributed by atoms with Gasteiger partial charge in [-0.3, -0.25) is 4.99 Å². The van der Waals surface area contributed by atoms with Crippen LogP contribution in [0.3, 0.4) is 0 Å². The van der Waals surface area contributed by atoms with Gasteiger partial charge in [-0.1, -0.05) is 56.3 Å². The number of halogens is 1. The first kappa shape index (κ1) is 40.9. The molecule has 0 aliphatic rings. The van der Waals surface area contributed by atoms with Gasteiger partial charge in [-0.25, -0.2) is 0 Å². The van der Waals surface area contributed by atoms with Crippen molar-refractivity contribution >= 4 is 21.6 Å². The van der Waals surface area contributed by atoms with Gasteiger partial charge in [0.15, 0.2) is 0 Å². The van der Waals surface area contributed by atoms with Crippen LogP contribution < -0.4 is 16.8 Å². The Balaban J connectivity index is -0.000000305. The Bertz CT molecular complexity index is 714. The lowest BCUT2D eigenvalue weighted by Gasteiger charge is -2.17. The number of likely N-dealkylation sites (N-methyl/N-ethyl adjacent to an activating group) is 1. The summed E-state index contributed by atoms with van der Waals surface area (Å²) < 4.78 is 17.3. The molecular weight excluding hydrogens is 520 g/mol. The van der Waals surface area contributed by atoms with Gasteiger partial charge in [0.2, 0.25) is 0 Å². The zero-order valence-electron chi connectivity index (χ0n) is 24.6. The molecule has 0 saturated carbocycles. The average Bonchev–Trinajstić information content (AvgIpc) is 2.89. The summed E-state index contributed by atoms with van der Waals surface area (Å²) in [5, 5.41) is 3.08. The normalized spacial score (nSPS) is 13.7. The SMILES string of the molecule is C=C/C=C(N)\C(C)=C(/C)Br.CC.CC.CCOC(CNC)CO/C(C)=C/C(=NC)C(=C\N)/C=C/OC. The smallest absolute Gasteiger partial charge is 0.115 e. The van der Waals surface area contributed by atoms with Gasteiger partial charge in [0, 0.05) is 43.7 Å². The standard InChI is InChI=1S/C16H29N3O3.C8H12BrN.2C2H6/c1-6-21-15(11-18-3)12-22-13(2)9-16(19-4)14(10-17)7-8-20-5;1-4-5-8(10)6(2)7(3)9;2*1-2/h7-10,15,18H,6,11-12,17H2,1-5H3;4-5H,1,10H2,2-3H3;2*1-2H3/b8-7+,13-9+,14-10-,19-16?;7-6+,8-5+;;. The first-order valence-corrected chi connectivity index (χ1v) is 13.1. The molecule has 0 aromatic heterocycles. The molecule has 0 saturated heterocycles. The summed E-state index contributed by atoms with van der Waals surface area (Å²) in [5.74, 6) is 0.742. The molecule has 0 bridgehead atoms. The van der Waals surface area contributed by atoms with Crippen molar-refractivity contribution in [2.75, 3.05) is 41.0 Å². The van der Waals surface area contributed by atoms with Gasteiger partial charge >= 0.3 is 0 Å². The molecule has 0 spiro atoms. The highest BCUT2D eigenvalue weighted by Crippen LogP contribution is 2.14. The maximum absolute atomic E-state index is 5.73. The Morgan fingerprint density at radius 2 is 1.75 bits per heavy atom. The van der Waals surface area contributed by atoms with E-state index in [9.17, 15) is 0 Å². The molecule has 0 radical (unpaired) electrons. The van der Waals surface area contributed by atoms with E-state index in [0.29, 0.717) is 13.2 Å². The predicted octanol–water partition coefficient (Wildman–Crippen LogP) is 6.36. The van der Waals surface area contributed by atoms with Crippen LogP contribution in [0.2, 0.25) is 0 Å². The van der Waals surface area contributed by atoms with Crippen LogP contribution in [-0.4, -0.2) is 52.8 Å². The van der Waals surface area contributed by atoms with Crippen LogP contribution in [0.1, 0.15) is 55.4 Å². The Morgan fingerprint density at radius 1 is 1.17 bits per heavy atom. The first-order chi connectivity index (χ1) is 17.2. The van der Waals surface area contributed by atoms with E-state index in [4.69, 9.17) is 25.7 Å². The molecule has 0 aliphatic carbocycles. The molecule has 0 amide bonds. The monoisotopic (exact) mass is 572 g/mol. The van der Waals surface area contributed by atoms with Crippen molar-refractivity contribution in [2.24, 2.45) is 16.5 Å². The Kier molecular flexibility index (Phi) is 34.9. The van der Waals surface area contributed by atoms with Crippen LogP contribution >= 0.6 is 15.9 Å². The minimum atomic E-state index is 0.0123. The number of rotatable bonds is 13. The third-order valence-electron chi connectivity index (χ3n) is 4.02. The number of hydrogen-bond donors (Lipinski definition) is 3. The molecule has 210 valence electrons. The van der Waals surface area contributed by atoms with Crippen molar-refractivity contribution in [3.05, 3.63) is 70.4 Å². The summed E-state index contributed by atoms with van der Waals surface area (Å²) in [6.45, 7) is 21.2. The quantitative estimate of drug-likeness (QED) is 0.135. The highest BCUT2D eigenvalue weighted by Gasteiger charge is 2.09. The van der Waals surface area contributed by atoms with Crippen LogP contribution in [0.4, 0.5) is 0 Å². The first-order valence-electron chi connectivity index (χ1n) is 12.3. The maximum Gasteiger partial charge on any atom is 0.115 e.